The van der Waals surface area contributed by atoms with Gasteiger partial charge in [-0.15, -0.1) is 0 Å². The lowest BCUT2D eigenvalue weighted by atomic mass is 10.1. The van der Waals surface area contributed by atoms with E-state index in [1.54, 1.807) is 6.07 Å². The van der Waals surface area contributed by atoms with E-state index in [4.69, 9.17) is 9.47 Å². The van der Waals surface area contributed by atoms with Gasteiger partial charge in [-0.1, -0.05) is 0 Å². The number of halogens is 1. The van der Waals surface area contributed by atoms with Crippen LogP contribution in [-0.4, -0.2) is 52.4 Å². The summed E-state index contributed by atoms with van der Waals surface area (Å²) in [4.78, 5) is 24.2. The molecule has 0 radical (unpaired) electrons. The number of nitrogens with zero attached hydrogens (tertiary/aromatic N) is 1. The summed E-state index contributed by atoms with van der Waals surface area (Å²) in [5.41, 5.74) is 0.404. The summed E-state index contributed by atoms with van der Waals surface area (Å²) in [6.45, 7) is 0.0829. The van der Waals surface area contributed by atoms with Gasteiger partial charge in [-0.05, 0) is 48.9 Å². The van der Waals surface area contributed by atoms with E-state index in [-0.39, 0.29) is 35.5 Å². The minimum absolute atomic E-state index is 0.0237. The van der Waals surface area contributed by atoms with Crippen LogP contribution in [-0.2, 0) is 19.6 Å². The summed E-state index contributed by atoms with van der Waals surface area (Å²) in [6, 6.07) is 9.07. The van der Waals surface area contributed by atoms with Crippen molar-refractivity contribution in [1.82, 2.24) is 4.31 Å². The average molecular weight is 438 g/mol. The van der Waals surface area contributed by atoms with Gasteiger partial charge in [0.15, 0.2) is 0 Å². The number of amides is 1. The van der Waals surface area contributed by atoms with Crippen molar-refractivity contribution in [3.8, 4) is 5.75 Å². The predicted molar refractivity (Wildman–Crippen MR) is 108 cm³/mol. The molecule has 0 saturated heterocycles. The molecule has 2 aromatic rings. The third-order valence-corrected chi connectivity index (χ3v) is 6.18. The molecule has 0 spiro atoms. The molecule has 0 aliphatic rings. The number of esters is 1. The normalized spacial score (nSPS) is 11.2. The van der Waals surface area contributed by atoms with E-state index >= 15 is 0 Å². The Labute approximate surface area is 174 Å². The first-order valence-corrected chi connectivity index (χ1v) is 10.4. The zero-order chi connectivity index (χ0) is 22.3. The van der Waals surface area contributed by atoms with E-state index in [2.05, 4.69) is 5.32 Å². The molecule has 30 heavy (non-hydrogen) atoms. The van der Waals surface area contributed by atoms with Gasteiger partial charge in [0, 0.05) is 20.0 Å². The first-order valence-electron chi connectivity index (χ1n) is 8.97. The summed E-state index contributed by atoms with van der Waals surface area (Å²) in [7, 11) is 0.279. The smallest absolute Gasteiger partial charge is 0.340 e. The number of carbonyl (C=O) groups excluding carboxylic acids is 2. The lowest BCUT2D eigenvalue weighted by Crippen LogP contribution is -2.28. The molecule has 0 bridgehead atoms. The topological polar surface area (TPSA) is 102 Å². The van der Waals surface area contributed by atoms with Crippen molar-refractivity contribution in [2.45, 2.75) is 17.7 Å². The minimum atomic E-state index is -3.78. The van der Waals surface area contributed by atoms with Crippen LogP contribution in [0.5, 0.6) is 5.75 Å². The van der Waals surface area contributed by atoms with Gasteiger partial charge < -0.3 is 14.8 Å². The molecular formula is C20H23FN2O6S. The van der Waals surface area contributed by atoms with E-state index in [0.717, 1.165) is 16.4 Å². The van der Waals surface area contributed by atoms with Gasteiger partial charge in [-0.2, -0.15) is 0 Å². The Bertz CT molecular complexity index is 1010. The van der Waals surface area contributed by atoms with Crippen LogP contribution in [0.2, 0.25) is 0 Å². The average Bonchev–Trinajstić information content (AvgIpc) is 2.73. The Morgan fingerprint density at radius 3 is 2.37 bits per heavy atom. The van der Waals surface area contributed by atoms with Crippen molar-refractivity contribution < 1.29 is 31.9 Å². The molecule has 0 aromatic heterocycles. The Morgan fingerprint density at radius 2 is 1.77 bits per heavy atom. The van der Waals surface area contributed by atoms with Crippen LogP contribution < -0.4 is 10.1 Å². The van der Waals surface area contributed by atoms with Gasteiger partial charge in [0.25, 0.3) is 0 Å². The van der Waals surface area contributed by atoms with Crippen molar-refractivity contribution in [2.24, 2.45) is 0 Å². The SMILES string of the molecule is COC(=O)c1cc(OC)ccc1NC(=O)CCCN(C)S(=O)(=O)c1ccc(F)cc1. The number of rotatable bonds is 9. The molecule has 2 rings (SSSR count). The van der Waals surface area contributed by atoms with Crippen molar-refractivity contribution in [1.29, 1.82) is 0 Å². The molecule has 0 heterocycles. The standard InChI is InChI=1S/C20H23FN2O6S/c1-23(30(26,27)16-9-6-14(21)7-10-16)12-4-5-19(24)22-18-11-8-15(28-2)13-17(18)20(25)29-3/h6-11,13H,4-5,12H2,1-3H3,(H,22,24). The fourth-order valence-electron chi connectivity index (χ4n) is 2.62. The zero-order valence-corrected chi connectivity index (χ0v) is 17.7. The molecule has 8 nitrogen and oxygen atoms in total. The fraction of sp³-hybridized carbons (Fsp3) is 0.300. The van der Waals surface area contributed by atoms with Gasteiger partial charge in [0.2, 0.25) is 15.9 Å². The van der Waals surface area contributed by atoms with E-state index in [1.807, 2.05) is 0 Å². The molecular weight excluding hydrogens is 415 g/mol. The molecule has 0 aliphatic heterocycles. The van der Waals surface area contributed by atoms with Crippen LogP contribution in [0.15, 0.2) is 47.4 Å². The molecule has 0 aliphatic carbocycles. The molecule has 0 saturated carbocycles. The highest BCUT2D eigenvalue weighted by Gasteiger charge is 2.21. The second-order valence-corrected chi connectivity index (χ2v) is 8.38. The summed E-state index contributed by atoms with van der Waals surface area (Å²) >= 11 is 0. The highest BCUT2D eigenvalue weighted by Crippen LogP contribution is 2.23. The molecule has 162 valence electrons. The van der Waals surface area contributed by atoms with Crippen molar-refractivity contribution in [3.63, 3.8) is 0 Å². The molecule has 0 unspecified atom stereocenters. The molecule has 0 fully saturated rings. The number of sulfonamides is 1. The zero-order valence-electron chi connectivity index (χ0n) is 16.8. The number of hydrogen-bond donors (Lipinski definition) is 1. The number of ether oxygens (including phenoxy) is 2. The fourth-order valence-corrected chi connectivity index (χ4v) is 3.83. The van der Waals surface area contributed by atoms with Crippen LogP contribution in [0.1, 0.15) is 23.2 Å². The van der Waals surface area contributed by atoms with E-state index < -0.39 is 27.7 Å². The lowest BCUT2D eigenvalue weighted by Gasteiger charge is -2.17. The maximum atomic E-state index is 13.0. The summed E-state index contributed by atoms with van der Waals surface area (Å²) in [6.07, 6.45) is 0.266. The molecule has 0 atom stereocenters. The van der Waals surface area contributed by atoms with Crippen LogP contribution in [0, 0.1) is 5.82 Å². The number of benzene rings is 2. The number of hydrogen-bond acceptors (Lipinski definition) is 6. The van der Waals surface area contributed by atoms with Gasteiger partial charge in [-0.25, -0.2) is 21.9 Å². The van der Waals surface area contributed by atoms with Crippen LogP contribution in [0.25, 0.3) is 0 Å². The summed E-state index contributed by atoms with van der Waals surface area (Å²) in [5.74, 6) is -1.12. The van der Waals surface area contributed by atoms with E-state index in [1.165, 1.54) is 45.5 Å². The maximum absolute atomic E-state index is 13.0. The second kappa shape index (κ2) is 10.2. The van der Waals surface area contributed by atoms with Crippen molar-refractivity contribution in [2.75, 3.05) is 33.1 Å². The first-order chi connectivity index (χ1) is 14.2. The monoisotopic (exact) mass is 438 g/mol. The quantitative estimate of drug-likeness (QED) is 0.604. The van der Waals surface area contributed by atoms with Crippen LogP contribution in [0.3, 0.4) is 0 Å². The van der Waals surface area contributed by atoms with Crippen molar-refractivity contribution >= 4 is 27.6 Å². The molecule has 1 amide bonds. The number of carbonyl (C=O) groups is 2. The highest BCUT2D eigenvalue weighted by atomic mass is 32.2. The van der Waals surface area contributed by atoms with Gasteiger partial charge in [0.05, 0.1) is 30.4 Å². The third-order valence-electron chi connectivity index (χ3n) is 4.30. The molecule has 1 N–H and O–H groups in total. The lowest BCUT2D eigenvalue weighted by molar-refractivity contribution is -0.116. The van der Waals surface area contributed by atoms with Gasteiger partial charge >= 0.3 is 5.97 Å². The third kappa shape index (κ3) is 5.77. The second-order valence-electron chi connectivity index (χ2n) is 6.34. The van der Waals surface area contributed by atoms with E-state index in [0.29, 0.717) is 5.75 Å². The molecule has 2 aromatic carbocycles. The Hall–Kier alpha value is -2.98. The van der Waals surface area contributed by atoms with Gasteiger partial charge in [0.1, 0.15) is 11.6 Å². The van der Waals surface area contributed by atoms with Crippen LogP contribution in [0.4, 0.5) is 10.1 Å². The maximum Gasteiger partial charge on any atom is 0.340 e. The first kappa shape index (κ1) is 23.3. The number of anilines is 1. The minimum Gasteiger partial charge on any atom is -0.497 e. The number of methoxy groups -OCH3 is 2. The molecule has 10 heteroatoms. The number of nitrogens with one attached hydrogen (secondary N) is 1. The predicted octanol–water partition coefficient (Wildman–Crippen LogP) is 2.66. The Morgan fingerprint density at radius 1 is 1.10 bits per heavy atom. The Balaban J connectivity index is 1.97. The van der Waals surface area contributed by atoms with Crippen LogP contribution >= 0.6 is 0 Å². The van der Waals surface area contributed by atoms with Crippen molar-refractivity contribution in [3.05, 3.63) is 53.8 Å². The summed E-state index contributed by atoms with van der Waals surface area (Å²) in [5, 5.41) is 2.62. The van der Waals surface area contributed by atoms with E-state index in [9.17, 15) is 22.4 Å². The largest absolute Gasteiger partial charge is 0.497 e. The summed E-state index contributed by atoms with van der Waals surface area (Å²) < 4.78 is 48.8. The Kier molecular flexibility index (Phi) is 7.90. The van der Waals surface area contributed by atoms with Gasteiger partial charge in [-0.3, -0.25) is 4.79 Å². The highest BCUT2D eigenvalue weighted by molar-refractivity contribution is 7.89.